The number of carbonyl (C=O) groups is 1. The number of nitrogens with two attached hydrogens (primary N) is 1. The summed E-state index contributed by atoms with van der Waals surface area (Å²) < 4.78 is 4.74. The van der Waals surface area contributed by atoms with Crippen molar-refractivity contribution in [3.8, 4) is 0 Å². The molecule has 0 unspecified atom stereocenters. The lowest BCUT2D eigenvalue weighted by Gasteiger charge is -2.28. The number of alkyl halides is 1. The predicted molar refractivity (Wildman–Crippen MR) is 90.1 cm³/mol. The summed E-state index contributed by atoms with van der Waals surface area (Å²) in [4.78, 5) is 13.6. The van der Waals surface area contributed by atoms with Crippen molar-refractivity contribution in [2.45, 2.75) is 32.1 Å². The van der Waals surface area contributed by atoms with E-state index in [0.717, 1.165) is 24.0 Å². The molecule has 1 aliphatic rings. The summed E-state index contributed by atoms with van der Waals surface area (Å²) in [6, 6.07) is 3.67. The highest BCUT2D eigenvalue weighted by Gasteiger charge is 2.25. The number of hydrogen-bond acceptors (Lipinski definition) is 3. The van der Waals surface area contributed by atoms with Crippen molar-refractivity contribution >= 4 is 34.4 Å². The Labute approximate surface area is 133 Å². The Hall–Kier alpha value is -1.11. The fraction of sp³-hybridized carbons (Fsp3) is 0.467. The molecule has 0 atom stereocenters. The second-order valence-electron chi connectivity index (χ2n) is 4.79. The van der Waals surface area contributed by atoms with Crippen LogP contribution in [0.3, 0.4) is 0 Å². The van der Waals surface area contributed by atoms with Crippen LogP contribution in [0, 0.1) is 12.3 Å². The standard InChI is InChI=1S/C14H18N2O2.CH3I/c1-8-6-11(9-4-3-5-9)12(13(15)16)7-10(8)14(17)18-2;1-2/h6-7,9H,3-5H2,1-2H3,(H3,15,16);1H3. The van der Waals surface area contributed by atoms with Gasteiger partial charge in [0, 0.05) is 5.56 Å². The minimum Gasteiger partial charge on any atom is -0.465 e. The van der Waals surface area contributed by atoms with Crippen LogP contribution in [0.15, 0.2) is 12.1 Å². The Bertz CT molecular complexity index is 511. The van der Waals surface area contributed by atoms with E-state index in [1.54, 1.807) is 6.07 Å². The highest BCUT2D eigenvalue weighted by atomic mass is 127. The van der Waals surface area contributed by atoms with Crippen molar-refractivity contribution in [3.63, 3.8) is 0 Å². The molecule has 0 aromatic heterocycles. The Balaban J connectivity index is 0.000000956. The fourth-order valence-electron chi connectivity index (χ4n) is 2.35. The normalized spacial score (nSPS) is 13.8. The van der Waals surface area contributed by atoms with Gasteiger partial charge in [-0.25, -0.2) is 4.79 Å². The van der Waals surface area contributed by atoms with E-state index < -0.39 is 0 Å². The highest BCUT2D eigenvalue weighted by Crippen LogP contribution is 2.38. The average molecular weight is 388 g/mol. The van der Waals surface area contributed by atoms with Gasteiger partial charge < -0.3 is 10.5 Å². The Morgan fingerprint density at radius 3 is 2.35 bits per heavy atom. The Morgan fingerprint density at radius 2 is 1.95 bits per heavy atom. The van der Waals surface area contributed by atoms with E-state index in [1.807, 2.05) is 17.9 Å². The maximum Gasteiger partial charge on any atom is 0.338 e. The smallest absolute Gasteiger partial charge is 0.338 e. The third-order valence-corrected chi connectivity index (χ3v) is 3.64. The van der Waals surface area contributed by atoms with Gasteiger partial charge in [-0.1, -0.05) is 35.1 Å². The average Bonchev–Trinajstić information content (AvgIpc) is 2.38. The first kappa shape index (κ1) is 16.9. The number of nitrogens with one attached hydrogen (secondary N) is 1. The molecular weight excluding hydrogens is 367 g/mol. The number of amidine groups is 1. The molecule has 0 radical (unpaired) electrons. The van der Waals surface area contributed by atoms with E-state index in [1.165, 1.54) is 13.5 Å². The van der Waals surface area contributed by atoms with E-state index >= 15 is 0 Å². The summed E-state index contributed by atoms with van der Waals surface area (Å²) in [5.74, 6) is 0.117. The van der Waals surface area contributed by atoms with Crippen LogP contribution in [0.1, 0.15) is 52.2 Å². The van der Waals surface area contributed by atoms with E-state index in [9.17, 15) is 4.79 Å². The molecule has 5 heteroatoms. The summed E-state index contributed by atoms with van der Waals surface area (Å²) in [6.45, 7) is 1.89. The minimum absolute atomic E-state index is 0.0158. The number of aryl methyl sites for hydroxylation is 1. The first-order valence-electron chi connectivity index (χ1n) is 6.49. The quantitative estimate of drug-likeness (QED) is 0.274. The molecule has 0 heterocycles. The highest BCUT2D eigenvalue weighted by molar-refractivity contribution is 14.1. The number of halogens is 1. The van der Waals surface area contributed by atoms with E-state index in [0.29, 0.717) is 17.0 Å². The topological polar surface area (TPSA) is 76.2 Å². The molecule has 1 aliphatic carbocycles. The van der Waals surface area contributed by atoms with Crippen molar-refractivity contribution in [2.24, 2.45) is 5.73 Å². The molecule has 4 nitrogen and oxygen atoms in total. The lowest BCUT2D eigenvalue weighted by molar-refractivity contribution is 0.0600. The number of carbonyl (C=O) groups excluding carboxylic acids is 1. The summed E-state index contributed by atoms with van der Waals surface area (Å²) in [7, 11) is 1.36. The van der Waals surface area contributed by atoms with Gasteiger partial charge in [0.25, 0.3) is 0 Å². The molecule has 0 saturated heterocycles. The summed E-state index contributed by atoms with van der Waals surface area (Å²) in [5, 5.41) is 7.66. The molecule has 20 heavy (non-hydrogen) atoms. The zero-order valence-electron chi connectivity index (χ0n) is 12.1. The largest absolute Gasteiger partial charge is 0.465 e. The van der Waals surface area contributed by atoms with Crippen LogP contribution < -0.4 is 5.73 Å². The summed E-state index contributed by atoms with van der Waals surface area (Å²) in [5.41, 5.74) is 8.77. The number of benzene rings is 1. The van der Waals surface area contributed by atoms with Crippen LogP contribution in [-0.2, 0) is 4.74 Å². The number of methoxy groups -OCH3 is 1. The van der Waals surface area contributed by atoms with Crippen LogP contribution >= 0.6 is 22.6 Å². The number of nitrogen functional groups attached to an aromatic ring is 1. The van der Waals surface area contributed by atoms with Gasteiger partial charge >= 0.3 is 5.97 Å². The van der Waals surface area contributed by atoms with Crippen LogP contribution in [0.5, 0.6) is 0 Å². The molecule has 0 amide bonds. The zero-order valence-corrected chi connectivity index (χ0v) is 14.3. The molecule has 1 saturated carbocycles. The molecule has 2 rings (SSSR count). The molecular formula is C15H21IN2O2. The van der Waals surface area contributed by atoms with E-state index in [4.69, 9.17) is 15.9 Å². The second kappa shape index (κ2) is 7.61. The SMILES string of the molecule is CI.COC(=O)c1cc(C(=N)N)c(C2CCC2)cc1C. The van der Waals surface area contributed by atoms with Gasteiger partial charge in [0.1, 0.15) is 5.84 Å². The van der Waals surface area contributed by atoms with Crippen LogP contribution in [0.4, 0.5) is 0 Å². The van der Waals surface area contributed by atoms with Gasteiger partial charge in [0.15, 0.2) is 0 Å². The van der Waals surface area contributed by atoms with E-state index in [2.05, 4.69) is 22.6 Å². The lowest BCUT2D eigenvalue weighted by atomic mass is 9.77. The van der Waals surface area contributed by atoms with Crippen molar-refractivity contribution < 1.29 is 9.53 Å². The molecule has 1 fully saturated rings. The van der Waals surface area contributed by atoms with Crippen LogP contribution in [0.25, 0.3) is 0 Å². The molecule has 0 spiro atoms. The maximum absolute atomic E-state index is 11.6. The molecule has 1 aromatic rings. The van der Waals surface area contributed by atoms with Gasteiger partial charge in [-0.05, 0) is 47.8 Å². The van der Waals surface area contributed by atoms with Gasteiger partial charge in [0.05, 0.1) is 12.7 Å². The Morgan fingerprint density at radius 1 is 1.35 bits per heavy atom. The molecule has 1 aromatic carbocycles. The van der Waals surface area contributed by atoms with Crippen molar-refractivity contribution in [1.29, 1.82) is 5.41 Å². The van der Waals surface area contributed by atoms with Crippen molar-refractivity contribution in [3.05, 3.63) is 34.4 Å². The Kier molecular flexibility index (Phi) is 6.45. The van der Waals surface area contributed by atoms with Gasteiger partial charge in [-0.2, -0.15) is 0 Å². The van der Waals surface area contributed by atoms with Gasteiger partial charge in [-0.3, -0.25) is 5.41 Å². The maximum atomic E-state index is 11.6. The van der Waals surface area contributed by atoms with Crippen molar-refractivity contribution in [2.75, 3.05) is 12.0 Å². The summed E-state index contributed by atoms with van der Waals surface area (Å²) in [6.07, 6.45) is 3.49. The zero-order chi connectivity index (χ0) is 15.3. The first-order chi connectivity index (χ1) is 9.54. The molecule has 3 N–H and O–H groups in total. The van der Waals surface area contributed by atoms with E-state index in [-0.39, 0.29) is 11.8 Å². The second-order valence-corrected chi connectivity index (χ2v) is 4.79. The van der Waals surface area contributed by atoms with Crippen LogP contribution in [0.2, 0.25) is 0 Å². The van der Waals surface area contributed by atoms with Crippen molar-refractivity contribution in [1.82, 2.24) is 0 Å². The summed E-state index contributed by atoms with van der Waals surface area (Å²) >= 11 is 2.15. The number of esters is 1. The first-order valence-corrected chi connectivity index (χ1v) is 8.65. The molecule has 0 aliphatic heterocycles. The van der Waals surface area contributed by atoms with Gasteiger partial charge in [0.2, 0.25) is 0 Å². The molecule has 0 bridgehead atoms. The number of rotatable bonds is 3. The van der Waals surface area contributed by atoms with Gasteiger partial charge in [-0.15, -0.1) is 0 Å². The molecule has 110 valence electrons. The fourth-order valence-corrected chi connectivity index (χ4v) is 2.35. The minimum atomic E-state index is -0.379. The monoisotopic (exact) mass is 388 g/mol. The number of ether oxygens (including phenoxy) is 1. The van der Waals surface area contributed by atoms with Crippen LogP contribution in [-0.4, -0.2) is 23.8 Å². The third kappa shape index (κ3) is 3.50. The predicted octanol–water partition coefficient (Wildman–Crippen LogP) is 3.38. The lowest BCUT2D eigenvalue weighted by Crippen LogP contribution is -2.20. The third-order valence-electron chi connectivity index (χ3n) is 3.64. The number of hydrogen-bond donors (Lipinski definition) is 2.